The maximum Gasteiger partial charge on any atom is 0.227 e. The van der Waals surface area contributed by atoms with Crippen molar-refractivity contribution in [2.75, 3.05) is 0 Å². The van der Waals surface area contributed by atoms with Gasteiger partial charge in [-0.2, -0.15) is 0 Å². The van der Waals surface area contributed by atoms with E-state index in [0.29, 0.717) is 5.89 Å². The number of fused-ring (bicyclic) bond motifs is 4. The third-order valence-corrected chi connectivity index (χ3v) is 8.68. The molecule has 0 radical (unpaired) electrons. The molecule has 0 N–H and O–H groups in total. The molecule has 0 spiro atoms. The molecule has 0 aliphatic rings. The Morgan fingerprint density at radius 2 is 1.07 bits per heavy atom. The minimum absolute atomic E-state index is 0.628. The van der Waals surface area contributed by atoms with Gasteiger partial charge in [-0.25, -0.2) is 4.98 Å². The largest absolute Gasteiger partial charge is 0.436 e. The Morgan fingerprint density at radius 3 is 1.88 bits per heavy atom. The van der Waals surface area contributed by atoms with Crippen LogP contribution in [-0.4, -0.2) is 4.98 Å². The molecule has 188 valence electrons. The van der Waals surface area contributed by atoms with Crippen molar-refractivity contribution in [1.82, 2.24) is 4.98 Å². The highest BCUT2D eigenvalue weighted by Gasteiger charge is 2.16. The molecular formula is C37H23NOS. The Labute approximate surface area is 235 Å². The first-order valence-electron chi connectivity index (χ1n) is 13.4. The van der Waals surface area contributed by atoms with Gasteiger partial charge >= 0.3 is 0 Å². The van der Waals surface area contributed by atoms with Crippen molar-refractivity contribution in [2.24, 2.45) is 0 Å². The fourth-order valence-corrected chi connectivity index (χ4v) is 6.59. The molecule has 8 rings (SSSR count). The molecule has 0 aliphatic carbocycles. The summed E-state index contributed by atoms with van der Waals surface area (Å²) in [5, 5.41) is 2.63. The van der Waals surface area contributed by atoms with Crippen molar-refractivity contribution in [3.8, 4) is 44.8 Å². The molecule has 0 unspecified atom stereocenters. The Hall–Kier alpha value is -4.99. The number of rotatable bonds is 4. The molecule has 6 aromatic carbocycles. The molecule has 0 atom stereocenters. The van der Waals surface area contributed by atoms with Crippen LogP contribution < -0.4 is 0 Å². The van der Waals surface area contributed by atoms with Crippen LogP contribution in [0.3, 0.4) is 0 Å². The van der Waals surface area contributed by atoms with Crippen molar-refractivity contribution < 1.29 is 4.42 Å². The molecule has 3 heteroatoms. The smallest absolute Gasteiger partial charge is 0.227 e. The van der Waals surface area contributed by atoms with E-state index in [0.717, 1.165) is 38.9 Å². The second-order valence-electron chi connectivity index (χ2n) is 10.0. The molecule has 0 aliphatic heterocycles. The Balaban J connectivity index is 1.21. The van der Waals surface area contributed by atoms with Crippen LogP contribution in [0.5, 0.6) is 0 Å². The summed E-state index contributed by atoms with van der Waals surface area (Å²) in [5.74, 6) is 0.628. The van der Waals surface area contributed by atoms with Crippen LogP contribution >= 0.6 is 11.3 Å². The Bertz CT molecular complexity index is 2140. The first-order valence-corrected chi connectivity index (χ1v) is 14.2. The van der Waals surface area contributed by atoms with Crippen molar-refractivity contribution in [1.29, 1.82) is 0 Å². The highest BCUT2D eigenvalue weighted by molar-refractivity contribution is 7.25. The van der Waals surface area contributed by atoms with Crippen LogP contribution in [0.1, 0.15) is 0 Å². The van der Waals surface area contributed by atoms with E-state index in [1.165, 1.54) is 31.3 Å². The number of aromatic nitrogens is 1. The molecule has 40 heavy (non-hydrogen) atoms. The molecule has 2 nitrogen and oxygen atoms in total. The second-order valence-corrected chi connectivity index (χ2v) is 11.1. The maximum atomic E-state index is 6.41. The van der Waals surface area contributed by atoms with Crippen LogP contribution in [0.4, 0.5) is 0 Å². The van der Waals surface area contributed by atoms with Gasteiger partial charge < -0.3 is 4.42 Å². The number of oxazole rings is 1. The molecule has 2 aromatic heterocycles. The average molecular weight is 530 g/mol. The first kappa shape index (κ1) is 22.9. The Kier molecular flexibility index (Phi) is 5.35. The van der Waals surface area contributed by atoms with Crippen LogP contribution in [0.2, 0.25) is 0 Å². The lowest BCUT2D eigenvalue weighted by Crippen LogP contribution is -1.84. The quantitative estimate of drug-likeness (QED) is 0.227. The fraction of sp³-hybridized carbons (Fsp3) is 0. The van der Waals surface area contributed by atoms with Crippen LogP contribution in [0.15, 0.2) is 144 Å². The number of hydrogen-bond acceptors (Lipinski definition) is 3. The van der Waals surface area contributed by atoms with Crippen LogP contribution in [-0.2, 0) is 0 Å². The van der Waals surface area contributed by atoms with Crippen LogP contribution in [0.25, 0.3) is 76.1 Å². The topological polar surface area (TPSA) is 26.0 Å². The molecule has 0 amide bonds. The van der Waals surface area contributed by atoms with Gasteiger partial charge in [-0.3, -0.25) is 0 Å². The van der Waals surface area contributed by atoms with E-state index >= 15 is 0 Å². The van der Waals surface area contributed by atoms with E-state index in [1.54, 1.807) is 0 Å². The van der Waals surface area contributed by atoms with Gasteiger partial charge in [0.25, 0.3) is 0 Å². The summed E-state index contributed by atoms with van der Waals surface area (Å²) in [6.45, 7) is 0. The van der Waals surface area contributed by atoms with Crippen molar-refractivity contribution in [3.05, 3.63) is 140 Å². The summed E-state index contributed by atoms with van der Waals surface area (Å²) in [6.07, 6.45) is 0. The monoisotopic (exact) mass is 529 g/mol. The summed E-state index contributed by atoms with van der Waals surface area (Å²) < 4.78 is 9.05. The summed E-state index contributed by atoms with van der Waals surface area (Å²) in [4.78, 5) is 5.00. The SMILES string of the molecule is c1ccc(-c2cc(-c3ccccc3)c3nc(-c4ccc(-c5ccc6sc7ccccc7c6c5)cc4)oc3c2)cc1. The van der Waals surface area contributed by atoms with Gasteiger partial charge in [-0.05, 0) is 70.3 Å². The van der Waals surface area contributed by atoms with Gasteiger partial charge in [-0.15, -0.1) is 11.3 Å². The minimum atomic E-state index is 0.628. The third kappa shape index (κ3) is 3.91. The summed E-state index contributed by atoms with van der Waals surface area (Å²) in [7, 11) is 0. The number of hydrogen-bond donors (Lipinski definition) is 0. The zero-order valence-corrected chi connectivity index (χ0v) is 22.4. The van der Waals surface area contributed by atoms with Gasteiger partial charge in [0.1, 0.15) is 5.52 Å². The van der Waals surface area contributed by atoms with E-state index in [9.17, 15) is 0 Å². The number of thiophene rings is 1. The maximum absolute atomic E-state index is 6.41. The molecule has 8 aromatic rings. The molecule has 0 fully saturated rings. The third-order valence-electron chi connectivity index (χ3n) is 7.53. The summed E-state index contributed by atoms with van der Waals surface area (Å²) >= 11 is 1.85. The average Bonchev–Trinajstić information content (AvgIpc) is 3.63. The van der Waals surface area contributed by atoms with Crippen molar-refractivity contribution in [2.45, 2.75) is 0 Å². The fourth-order valence-electron chi connectivity index (χ4n) is 5.50. The zero-order valence-electron chi connectivity index (χ0n) is 21.5. The zero-order chi connectivity index (χ0) is 26.5. The summed E-state index contributed by atoms with van der Waals surface area (Å²) in [5.41, 5.74) is 9.46. The highest BCUT2D eigenvalue weighted by Crippen LogP contribution is 2.38. The van der Waals surface area contributed by atoms with E-state index in [-0.39, 0.29) is 0 Å². The van der Waals surface area contributed by atoms with Gasteiger partial charge in [0.15, 0.2) is 5.58 Å². The van der Waals surface area contributed by atoms with E-state index in [4.69, 9.17) is 9.40 Å². The van der Waals surface area contributed by atoms with Crippen LogP contribution in [0, 0.1) is 0 Å². The lowest BCUT2D eigenvalue weighted by molar-refractivity contribution is 0.620. The Morgan fingerprint density at radius 1 is 0.450 bits per heavy atom. The van der Waals surface area contributed by atoms with E-state index in [1.807, 2.05) is 23.5 Å². The minimum Gasteiger partial charge on any atom is -0.436 e. The highest BCUT2D eigenvalue weighted by atomic mass is 32.1. The standard InChI is InChI=1S/C37H23NOS/c1-3-9-24(10-4-1)29-22-31(26-11-5-2-6-12-26)36-33(23-29)39-37(38-36)27-17-15-25(16-18-27)28-19-20-35-32(21-28)30-13-7-8-14-34(30)40-35/h1-23H. The predicted molar refractivity (Wildman–Crippen MR) is 169 cm³/mol. The van der Waals surface area contributed by atoms with Gasteiger partial charge in [0, 0.05) is 31.3 Å². The second kappa shape index (κ2) is 9.33. The molecule has 0 saturated carbocycles. The lowest BCUT2D eigenvalue weighted by atomic mass is 9.98. The molecule has 0 saturated heterocycles. The normalized spacial score (nSPS) is 11.5. The van der Waals surface area contributed by atoms with Gasteiger partial charge in [0.2, 0.25) is 5.89 Å². The van der Waals surface area contributed by atoms with Gasteiger partial charge in [-0.1, -0.05) is 97.1 Å². The van der Waals surface area contributed by atoms with Gasteiger partial charge in [0.05, 0.1) is 0 Å². The number of nitrogens with zero attached hydrogens (tertiary/aromatic N) is 1. The predicted octanol–water partition coefficient (Wildman–Crippen LogP) is 10.9. The molecule has 0 bridgehead atoms. The van der Waals surface area contributed by atoms with E-state index < -0.39 is 0 Å². The summed E-state index contributed by atoms with van der Waals surface area (Å²) in [6, 6.07) is 49.1. The van der Waals surface area contributed by atoms with E-state index in [2.05, 4.69) is 127 Å². The van der Waals surface area contributed by atoms with Crippen molar-refractivity contribution in [3.63, 3.8) is 0 Å². The molecular weight excluding hydrogens is 506 g/mol. The number of benzene rings is 6. The lowest BCUT2D eigenvalue weighted by Gasteiger charge is -2.07. The first-order chi connectivity index (χ1) is 19.8. The molecule has 2 heterocycles. The van der Waals surface area contributed by atoms with Crippen molar-refractivity contribution >= 4 is 42.6 Å².